The number of piperidine rings is 2. The van der Waals surface area contributed by atoms with Crippen LogP contribution in [0.15, 0.2) is 134 Å². The zero-order valence-corrected chi connectivity index (χ0v) is 42.4. The average molecular weight is 1070 g/mol. The van der Waals surface area contributed by atoms with Gasteiger partial charge in [-0.15, -0.1) is 0 Å². The molecular formula is C49H59F3N8O10S3. The van der Waals surface area contributed by atoms with E-state index in [-0.39, 0.29) is 58.8 Å². The Morgan fingerprint density at radius 3 is 1.53 bits per heavy atom. The summed E-state index contributed by atoms with van der Waals surface area (Å²) in [6.45, 7) is 4.53. The topological polar surface area (TPSA) is 257 Å². The summed E-state index contributed by atoms with van der Waals surface area (Å²) in [5.74, 6) is -1.11. The van der Waals surface area contributed by atoms with Crippen LogP contribution in [0, 0.1) is 0 Å². The van der Waals surface area contributed by atoms with Crippen LogP contribution in [0.4, 0.5) is 18.9 Å². The predicted molar refractivity (Wildman–Crippen MR) is 268 cm³/mol. The fourth-order valence-electron chi connectivity index (χ4n) is 8.21. The summed E-state index contributed by atoms with van der Waals surface area (Å²) in [4.78, 5) is 52.3. The second-order valence-corrected chi connectivity index (χ2v) is 23.3. The number of pyridine rings is 2. The van der Waals surface area contributed by atoms with E-state index in [9.17, 15) is 57.6 Å². The zero-order valence-electron chi connectivity index (χ0n) is 40.0. The number of unbranched alkanes of at least 4 members (excludes halogenated alkanes) is 3. The van der Waals surface area contributed by atoms with Crippen molar-refractivity contribution >= 4 is 47.4 Å². The maximum Gasteiger partial charge on any atom is 0.501 e. The monoisotopic (exact) mass is 1070 g/mol. The number of aromatic amines is 2. The van der Waals surface area contributed by atoms with Crippen molar-refractivity contribution in [1.29, 1.82) is 0 Å². The fourth-order valence-corrected chi connectivity index (χ4v) is 12.1. The summed E-state index contributed by atoms with van der Waals surface area (Å²) in [5.41, 5.74) is -5.15. The van der Waals surface area contributed by atoms with Crippen molar-refractivity contribution < 1.29 is 48.0 Å². The molecule has 0 unspecified atom stereocenters. The van der Waals surface area contributed by atoms with Gasteiger partial charge in [0.15, 0.2) is 0 Å². The van der Waals surface area contributed by atoms with Gasteiger partial charge in [0.25, 0.3) is 32.8 Å². The van der Waals surface area contributed by atoms with Gasteiger partial charge in [0.1, 0.15) is 11.1 Å². The Bertz CT molecular complexity index is 3160. The molecule has 5 aromatic rings. The molecule has 394 valence electrons. The lowest BCUT2D eigenvalue weighted by Gasteiger charge is -2.32. The number of sulfonamides is 2. The van der Waals surface area contributed by atoms with E-state index in [1.54, 1.807) is 46.8 Å². The average Bonchev–Trinajstić information content (AvgIpc) is 3.38. The van der Waals surface area contributed by atoms with Gasteiger partial charge >= 0.3 is 5.51 Å². The summed E-state index contributed by atoms with van der Waals surface area (Å²) in [6.07, 6.45) is 9.98. The van der Waals surface area contributed by atoms with Crippen molar-refractivity contribution in [2.24, 2.45) is 0 Å². The fraction of sp³-hybridized carbons (Fsp3) is 0.388. The summed E-state index contributed by atoms with van der Waals surface area (Å²) in [7, 11) is -13.0. The molecule has 0 bridgehead atoms. The van der Waals surface area contributed by atoms with Crippen molar-refractivity contribution in [3.05, 3.63) is 152 Å². The summed E-state index contributed by atoms with van der Waals surface area (Å²) >= 11 is 0. The van der Waals surface area contributed by atoms with Crippen LogP contribution < -0.4 is 32.4 Å². The molecule has 2 aliphatic heterocycles. The number of alkyl halides is 3. The molecule has 2 aromatic heterocycles. The van der Waals surface area contributed by atoms with Crippen LogP contribution in [0.5, 0.6) is 0 Å². The number of carbonyl (C=O) groups excluding carboxylic acids is 2. The molecule has 0 radical (unpaired) electrons. The highest BCUT2D eigenvalue weighted by Crippen LogP contribution is 2.32. The Hall–Kier alpha value is -6.18. The Labute approximate surface area is 422 Å². The quantitative estimate of drug-likeness (QED) is 0.0562. The molecule has 73 heavy (non-hydrogen) atoms. The third-order valence-corrected chi connectivity index (χ3v) is 17.6. The highest BCUT2D eigenvalue weighted by molar-refractivity contribution is 7.92. The van der Waals surface area contributed by atoms with Gasteiger partial charge in [-0.25, -0.2) is 25.3 Å². The number of benzene rings is 3. The third kappa shape index (κ3) is 15.0. The molecule has 18 nitrogen and oxygen atoms in total. The molecule has 2 saturated heterocycles. The molecule has 2 amide bonds. The molecule has 0 saturated carbocycles. The van der Waals surface area contributed by atoms with Crippen LogP contribution in [0.25, 0.3) is 0 Å². The minimum absolute atomic E-state index is 0.00829. The number of hydrogen-bond acceptors (Lipinski definition) is 12. The number of anilines is 1. The van der Waals surface area contributed by atoms with E-state index in [1.165, 1.54) is 78.4 Å². The summed E-state index contributed by atoms with van der Waals surface area (Å²) in [6, 6.07) is 23.0. The molecular weight excluding hydrogens is 1010 g/mol. The number of rotatable bonds is 19. The number of carbonyl (C=O) groups is 2. The van der Waals surface area contributed by atoms with Crippen molar-refractivity contribution in [2.45, 2.75) is 104 Å². The number of halogens is 3. The van der Waals surface area contributed by atoms with Crippen LogP contribution in [0.3, 0.4) is 0 Å². The first-order valence-electron chi connectivity index (χ1n) is 23.7. The molecule has 0 aliphatic carbocycles. The second kappa shape index (κ2) is 25.2. The molecule has 2 aliphatic rings. The van der Waals surface area contributed by atoms with Gasteiger partial charge in [-0.3, -0.25) is 19.2 Å². The minimum atomic E-state index is -5.49. The lowest BCUT2D eigenvalue weighted by molar-refractivity contribution is -0.0436. The molecule has 0 spiro atoms. The highest BCUT2D eigenvalue weighted by Gasteiger charge is 2.47. The maximum atomic E-state index is 13.3. The smallest absolute Gasteiger partial charge is 0.382 e. The van der Waals surface area contributed by atoms with Gasteiger partial charge < -0.3 is 31.2 Å². The van der Waals surface area contributed by atoms with Gasteiger partial charge in [-0.1, -0.05) is 56.5 Å². The van der Waals surface area contributed by atoms with E-state index in [4.69, 9.17) is 0 Å². The van der Waals surface area contributed by atoms with Crippen molar-refractivity contribution in [1.82, 2.24) is 34.5 Å². The van der Waals surface area contributed by atoms with Gasteiger partial charge in [-0.05, 0) is 117 Å². The van der Waals surface area contributed by atoms with Crippen molar-refractivity contribution in [2.75, 3.05) is 38.0 Å². The minimum Gasteiger partial charge on any atom is -0.382 e. The van der Waals surface area contributed by atoms with E-state index < -0.39 is 63.2 Å². The number of amides is 2. The molecule has 7 rings (SSSR count). The molecule has 6 N–H and O–H groups in total. The van der Waals surface area contributed by atoms with Crippen molar-refractivity contribution in [3.8, 4) is 0 Å². The Kier molecular flexibility index (Phi) is 19.4. The van der Waals surface area contributed by atoms with Gasteiger partial charge in [0.2, 0.25) is 20.0 Å². The van der Waals surface area contributed by atoms with Gasteiger partial charge in [0.05, 0.1) is 14.7 Å². The molecule has 2 fully saturated rings. The highest BCUT2D eigenvalue weighted by atomic mass is 32.2. The van der Waals surface area contributed by atoms with E-state index in [2.05, 4.69) is 38.2 Å². The normalized spacial score (nSPS) is 15.5. The molecule has 0 atom stereocenters. The van der Waals surface area contributed by atoms with Crippen LogP contribution in [0.2, 0.25) is 0 Å². The van der Waals surface area contributed by atoms with Crippen LogP contribution in [-0.4, -0.2) is 106 Å². The number of nitrogens with zero attached hydrogens (tertiary/aromatic N) is 2. The molecule has 24 heteroatoms. The lowest BCUT2D eigenvalue weighted by Crippen LogP contribution is -2.45. The Balaban J connectivity index is 0.000000243. The van der Waals surface area contributed by atoms with E-state index in [1.807, 2.05) is 0 Å². The molecule has 4 heterocycles. The van der Waals surface area contributed by atoms with Gasteiger partial charge in [0, 0.05) is 69.4 Å². The van der Waals surface area contributed by atoms with Gasteiger partial charge in [-0.2, -0.15) is 21.8 Å². The third-order valence-electron chi connectivity index (χ3n) is 12.3. The number of sulfone groups is 1. The molecule has 3 aromatic carbocycles. The summed E-state index contributed by atoms with van der Waals surface area (Å²) < 4.78 is 118. The first-order chi connectivity index (χ1) is 34.7. The number of aromatic nitrogens is 2. The standard InChI is InChI=1S/C25H25F3N4O6S2.C24H34N4O4S/c26-25(27,28)39(35,36)20-6-2-5-19(15-20)31-18-9-12-32(13-10-18)40(37,38)21-7-1-4-17(14-21)16-30-24(34)22-8-3-11-29-23(22)33;1-2-3-4-5-13-25-20-11-15-28(16-12-20)33(31,32)21-9-6-8-19(17-21)18-27-24(30)22-10-7-14-26-23(22)29/h1-8,11,14-15,18,31H,9-10,12-13,16H2,(H,29,33)(H,30,34);6-10,14,17,20,25H,2-5,11-13,15-16,18H2,1H3,(H,26,29)(H,27,30). The van der Waals surface area contributed by atoms with Crippen LogP contribution in [0.1, 0.15) is 90.1 Å². The largest absolute Gasteiger partial charge is 0.501 e. The first-order valence-corrected chi connectivity index (χ1v) is 28.1. The SMILES string of the molecule is CCCCCCNC1CCN(S(=O)(=O)c2cccc(CNC(=O)c3ccc[nH]c3=O)c2)CC1.O=C(NCc1cccc(S(=O)(=O)N2CCC(Nc3cccc(S(=O)(=O)C(F)(F)F)c3)CC2)c1)c1ccc[nH]c1=O. The lowest BCUT2D eigenvalue weighted by atomic mass is 10.1. The Morgan fingerprint density at radius 2 is 1.07 bits per heavy atom. The van der Waals surface area contributed by atoms with Crippen molar-refractivity contribution in [3.63, 3.8) is 0 Å². The number of H-pyrrole nitrogens is 2. The summed E-state index contributed by atoms with van der Waals surface area (Å²) in [5, 5.41) is 11.8. The maximum absolute atomic E-state index is 13.3. The van der Waals surface area contributed by atoms with Crippen LogP contribution in [-0.2, 0) is 43.0 Å². The zero-order chi connectivity index (χ0) is 52.8. The van der Waals surface area contributed by atoms with Crippen LogP contribution >= 0.6 is 0 Å². The predicted octanol–water partition coefficient (Wildman–Crippen LogP) is 5.49. The number of nitrogens with one attached hydrogen (secondary N) is 6. The number of hydrogen-bond donors (Lipinski definition) is 6. The van der Waals surface area contributed by atoms with E-state index in [0.29, 0.717) is 43.1 Å². The second-order valence-electron chi connectivity index (χ2n) is 17.5. The first kappa shape index (κ1) is 56.1. The van der Waals surface area contributed by atoms with E-state index in [0.717, 1.165) is 37.9 Å². The Morgan fingerprint density at radius 1 is 0.603 bits per heavy atom. The van der Waals surface area contributed by atoms with E-state index >= 15 is 0 Å².